The van der Waals surface area contributed by atoms with E-state index in [1.807, 2.05) is 30.3 Å². The van der Waals surface area contributed by atoms with Gasteiger partial charge in [0.25, 0.3) is 0 Å². The van der Waals surface area contributed by atoms with Crippen LogP contribution in [0.1, 0.15) is 24.3 Å². The number of benzene rings is 3. The third-order valence-corrected chi connectivity index (χ3v) is 7.11. The van der Waals surface area contributed by atoms with Crippen LogP contribution < -0.4 is 9.47 Å². The van der Waals surface area contributed by atoms with Gasteiger partial charge in [0.15, 0.2) is 0 Å². The first-order chi connectivity index (χ1) is 16.1. The summed E-state index contributed by atoms with van der Waals surface area (Å²) in [5, 5.41) is 1.20. The second-order valence-electron chi connectivity index (χ2n) is 7.97. The van der Waals surface area contributed by atoms with Gasteiger partial charge in [-0.1, -0.05) is 38.1 Å². The molecule has 0 fully saturated rings. The molecule has 0 atom stereocenters. The van der Waals surface area contributed by atoms with Gasteiger partial charge in [0.1, 0.15) is 23.9 Å². The average molecular weight is 464 g/mol. The maximum Gasteiger partial charge on any atom is 0.123 e. The van der Waals surface area contributed by atoms with Crippen molar-refractivity contribution in [3.8, 4) is 22.6 Å². The highest BCUT2D eigenvalue weighted by atomic mass is 32.1. The van der Waals surface area contributed by atoms with Crippen LogP contribution in [0.25, 0.3) is 21.2 Å². The van der Waals surface area contributed by atoms with Crippen LogP contribution in [-0.4, -0.2) is 38.3 Å². The van der Waals surface area contributed by atoms with Crippen molar-refractivity contribution in [2.24, 2.45) is 0 Å². The van der Waals surface area contributed by atoms with Gasteiger partial charge < -0.3 is 14.4 Å². The van der Waals surface area contributed by atoms with Gasteiger partial charge in [0, 0.05) is 33.5 Å². The highest BCUT2D eigenvalue weighted by Gasteiger charge is 2.16. The van der Waals surface area contributed by atoms with Crippen molar-refractivity contribution in [1.82, 2.24) is 4.90 Å². The smallest absolute Gasteiger partial charge is 0.123 e. The Balaban J connectivity index is 1.63. The summed E-state index contributed by atoms with van der Waals surface area (Å²) in [6.07, 6.45) is 0.749. The molecule has 3 nitrogen and oxygen atoms in total. The fourth-order valence-corrected chi connectivity index (χ4v) is 5.32. The molecule has 1 aromatic heterocycles. The first kappa shape index (κ1) is 23.3. The molecule has 4 aromatic rings. The molecule has 0 unspecified atom stereocenters. The quantitative estimate of drug-likeness (QED) is 0.252. The second-order valence-corrected chi connectivity index (χ2v) is 9.10. The highest BCUT2D eigenvalue weighted by molar-refractivity contribution is 7.19. The molecular weight excluding hydrogens is 433 g/mol. The fraction of sp³-hybridized carbons (Fsp3) is 0.286. The zero-order valence-corrected chi connectivity index (χ0v) is 20.3. The highest BCUT2D eigenvalue weighted by Crippen LogP contribution is 2.41. The molecule has 4 rings (SSSR count). The molecule has 0 saturated heterocycles. The Kier molecular flexibility index (Phi) is 7.63. The Labute approximate surface area is 199 Å². The van der Waals surface area contributed by atoms with Crippen LogP contribution in [0.2, 0.25) is 0 Å². The maximum absolute atomic E-state index is 13.4. The van der Waals surface area contributed by atoms with Crippen LogP contribution in [0, 0.1) is 5.82 Å². The molecule has 0 spiro atoms. The molecule has 0 aliphatic heterocycles. The number of rotatable bonds is 10. The molecule has 1 heterocycles. The van der Waals surface area contributed by atoms with E-state index in [-0.39, 0.29) is 5.82 Å². The fourth-order valence-electron chi connectivity index (χ4n) is 4.03. The number of nitrogens with zero attached hydrogens (tertiary/aromatic N) is 1. The number of hydrogen-bond donors (Lipinski definition) is 0. The van der Waals surface area contributed by atoms with Crippen molar-refractivity contribution in [1.29, 1.82) is 0 Å². The van der Waals surface area contributed by atoms with Crippen molar-refractivity contribution >= 4 is 21.4 Å². The van der Waals surface area contributed by atoms with Crippen LogP contribution in [0.5, 0.6) is 11.5 Å². The van der Waals surface area contributed by atoms with Crippen LogP contribution in [-0.2, 0) is 6.42 Å². The van der Waals surface area contributed by atoms with Crippen LogP contribution in [0.3, 0.4) is 0 Å². The number of fused-ring (bicyclic) bond motifs is 1. The van der Waals surface area contributed by atoms with Crippen LogP contribution in [0.4, 0.5) is 4.39 Å². The Hall–Kier alpha value is -2.89. The topological polar surface area (TPSA) is 21.7 Å². The maximum atomic E-state index is 13.4. The molecule has 33 heavy (non-hydrogen) atoms. The summed E-state index contributed by atoms with van der Waals surface area (Å²) in [5.74, 6) is 1.52. The Morgan fingerprint density at radius 3 is 2.24 bits per heavy atom. The Morgan fingerprint density at radius 2 is 1.58 bits per heavy atom. The molecule has 0 bridgehead atoms. The summed E-state index contributed by atoms with van der Waals surface area (Å²) in [6.45, 7) is 8.01. The van der Waals surface area contributed by atoms with Crippen molar-refractivity contribution in [3.63, 3.8) is 0 Å². The van der Waals surface area contributed by atoms with Crippen molar-refractivity contribution in [2.75, 3.05) is 33.4 Å². The monoisotopic (exact) mass is 463 g/mol. The number of ether oxygens (including phenoxy) is 2. The lowest BCUT2D eigenvalue weighted by molar-refractivity contribution is 0.223. The predicted molar refractivity (Wildman–Crippen MR) is 136 cm³/mol. The first-order valence-corrected chi connectivity index (χ1v) is 12.2. The van der Waals surface area contributed by atoms with Gasteiger partial charge in [-0.3, -0.25) is 0 Å². The zero-order valence-electron chi connectivity index (χ0n) is 19.4. The summed E-state index contributed by atoms with van der Waals surface area (Å²) >= 11 is 1.76. The molecule has 0 radical (unpaired) electrons. The second kappa shape index (κ2) is 10.8. The van der Waals surface area contributed by atoms with Gasteiger partial charge in [0.2, 0.25) is 0 Å². The lowest BCUT2D eigenvalue weighted by Gasteiger charge is -2.18. The minimum absolute atomic E-state index is 0.211. The lowest BCUT2D eigenvalue weighted by atomic mass is 9.99. The van der Waals surface area contributed by atoms with E-state index < -0.39 is 0 Å². The molecule has 5 heteroatoms. The minimum atomic E-state index is -0.211. The third-order valence-electron chi connectivity index (χ3n) is 5.96. The predicted octanol–water partition coefficient (Wildman–Crippen LogP) is 7.03. The van der Waals surface area contributed by atoms with Crippen molar-refractivity contribution in [3.05, 3.63) is 83.0 Å². The number of methoxy groups -OCH3 is 1. The normalized spacial score (nSPS) is 11.3. The van der Waals surface area contributed by atoms with E-state index in [2.05, 4.69) is 43.0 Å². The number of thiophene rings is 1. The third kappa shape index (κ3) is 5.55. The number of halogens is 1. The summed E-state index contributed by atoms with van der Waals surface area (Å²) in [5.41, 5.74) is 3.46. The molecular formula is C28H30FNO2S. The zero-order chi connectivity index (χ0) is 23.2. The Morgan fingerprint density at radius 1 is 0.879 bits per heavy atom. The van der Waals surface area contributed by atoms with E-state index >= 15 is 0 Å². The number of hydrogen-bond acceptors (Lipinski definition) is 4. The molecule has 172 valence electrons. The van der Waals surface area contributed by atoms with E-state index in [1.165, 1.54) is 32.7 Å². The first-order valence-electron chi connectivity index (χ1n) is 11.4. The number of likely N-dealkylation sites (N-methyl/N-ethyl adjacent to an activating group) is 1. The van der Waals surface area contributed by atoms with E-state index in [0.29, 0.717) is 6.61 Å². The summed E-state index contributed by atoms with van der Waals surface area (Å²) in [6, 6.07) is 21.3. The molecule has 0 N–H and O–H groups in total. The molecule has 0 amide bonds. The van der Waals surface area contributed by atoms with Gasteiger partial charge in [-0.05, 0) is 66.7 Å². The van der Waals surface area contributed by atoms with Gasteiger partial charge in [-0.25, -0.2) is 4.39 Å². The van der Waals surface area contributed by atoms with Crippen molar-refractivity contribution in [2.45, 2.75) is 20.3 Å². The molecule has 0 saturated carbocycles. The Bertz CT molecular complexity index is 1180. The standard InChI is InChI=1S/C28H30FNO2S/c1-4-30(5-2)16-17-32-23-12-8-21(9-13-23)28-25-15-14-24(31-3)19-26(25)33-27(28)18-20-6-10-22(29)11-7-20/h6-15,19H,4-5,16-18H2,1-3H3. The van der Waals surface area contributed by atoms with Gasteiger partial charge >= 0.3 is 0 Å². The summed E-state index contributed by atoms with van der Waals surface area (Å²) in [4.78, 5) is 3.60. The van der Waals surface area contributed by atoms with E-state index in [9.17, 15) is 4.39 Å². The lowest BCUT2D eigenvalue weighted by Crippen LogP contribution is -2.27. The summed E-state index contributed by atoms with van der Waals surface area (Å²) in [7, 11) is 1.69. The van der Waals surface area contributed by atoms with Gasteiger partial charge in [-0.2, -0.15) is 0 Å². The van der Waals surface area contributed by atoms with Gasteiger partial charge in [-0.15, -0.1) is 11.3 Å². The van der Waals surface area contributed by atoms with E-state index in [0.717, 1.165) is 48.7 Å². The minimum Gasteiger partial charge on any atom is -0.497 e. The SMILES string of the molecule is CCN(CC)CCOc1ccc(-c2c(Cc3ccc(F)cc3)sc3cc(OC)ccc23)cc1. The molecule has 3 aromatic carbocycles. The van der Waals surface area contributed by atoms with E-state index in [4.69, 9.17) is 9.47 Å². The average Bonchev–Trinajstić information content (AvgIpc) is 3.20. The largest absolute Gasteiger partial charge is 0.497 e. The van der Waals surface area contributed by atoms with Gasteiger partial charge in [0.05, 0.1) is 7.11 Å². The van der Waals surface area contributed by atoms with Crippen LogP contribution >= 0.6 is 11.3 Å². The molecule has 0 aliphatic carbocycles. The van der Waals surface area contributed by atoms with Crippen LogP contribution in [0.15, 0.2) is 66.7 Å². The van der Waals surface area contributed by atoms with Crippen molar-refractivity contribution < 1.29 is 13.9 Å². The summed E-state index contributed by atoms with van der Waals surface area (Å²) < 4.78 is 26.0. The molecule has 0 aliphatic rings. The van der Waals surface area contributed by atoms with E-state index in [1.54, 1.807) is 18.4 Å².